The third kappa shape index (κ3) is 2.52. The van der Waals surface area contributed by atoms with Gasteiger partial charge in [0.2, 0.25) is 12.8 Å². The number of pyridine rings is 1. The van der Waals surface area contributed by atoms with E-state index in [-0.39, 0.29) is 0 Å². The normalized spacial score (nSPS) is 9.29. The number of amides is 2. The van der Waals surface area contributed by atoms with Gasteiger partial charge in [0.05, 0.1) is 8.95 Å². The lowest BCUT2D eigenvalue weighted by atomic mass is 10.4. The highest BCUT2D eigenvalue weighted by molar-refractivity contribution is 9.11. The Morgan fingerprint density at radius 2 is 1.50 bits per heavy atom. The van der Waals surface area contributed by atoms with Gasteiger partial charge in [0.1, 0.15) is 11.6 Å². The lowest BCUT2D eigenvalue weighted by Gasteiger charge is -2.06. The Kier molecular flexibility index (Phi) is 4.02. The van der Waals surface area contributed by atoms with Gasteiger partial charge in [-0.15, -0.1) is 0 Å². The van der Waals surface area contributed by atoms with Gasteiger partial charge in [0, 0.05) is 0 Å². The number of anilines is 2. The predicted octanol–water partition coefficient (Wildman–Crippen LogP) is 1.74. The summed E-state index contributed by atoms with van der Waals surface area (Å²) in [6.45, 7) is 0. The molecule has 0 aromatic carbocycles. The second kappa shape index (κ2) is 5.06. The molecule has 74 valence electrons. The molecule has 0 radical (unpaired) electrons. The summed E-state index contributed by atoms with van der Waals surface area (Å²) in [5.74, 6) is 0.681. The van der Waals surface area contributed by atoms with Gasteiger partial charge >= 0.3 is 0 Å². The SMILES string of the molecule is O=CNc1nc(NC=O)c(Br)cc1Br. The molecular formula is C7H5Br2N3O2. The maximum absolute atomic E-state index is 10.2. The molecular weight excluding hydrogens is 318 g/mol. The van der Waals surface area contributed by atoms with Crippen LogP contribution >= 0.6 is 31.9 Å². The van der Waals surface area contributed by atoms with Crippen LogP contribution in [0.15, 0.2) is 15.0 Å². The van der Waals surface area contributed by atoms with Gasteiger partial charge in [0.25, 0.3) is 0 Å². The van der Waals surface area contributed by atoms with Crippen LogP contribution in [0.1, 0.15) is 0 Å². The second-order valence-electron chi connectivity index (χ2n) is 2.17. The van der Waals surface area contributed by atoms with Crippen LogP contribution in [0.25, 0.3) is 0 Å². The Labute approximate surface area is 96.5 Å². The van der Waals surface area contributed by atoms with E-state index in [4.69, 9.17) is 0 Å². The van der Waals surface area contributed by atoms with Crippen molar-refractivity contribution >= 4 is 56.3 Å². The second-order valence-corrected chi connectivity index (χ2v) is 3.88. The minimum absolute atomic E-state index is 0.340. The van der Waals surface area contributed by atoms with Crippen molar-refractivity contribution in [2.45, 2.75) is 0 Å². The van der Waals surface area contributed by atoms with E-state index in [0.29, 0.717) is 33.4 Å². The average Bonchev–Trinajstić information content (AvgIpc) is 2.14. The molecule has 1 heterocycles. The smallest absolute Gasteiger partial charge is 0.212 e. The molecule has 0 saturated carbocycles. The van der Waals surface area contributed by atoms with Gasteiger partial charge in [-0.2, -0.15) is 0 Å². The third-order valence-corrected chi connectivity index (χ3v) is 2.53. The molecule has 2 amide bonds. The van der Waals surface area contributed by atoms with Gasteiger partial charge < -0.3 is 10.6 Å². The fraction of sp³-hybridized carbons (Fsp3) is 0. The average molecular weight is 323 g/mol. The molecule has 2 N–H and O–H groups in total. The molecule has 1 aromatic rings. The minimum Gasteiger partial charge on any atom is -0.312 e. The first kappa shape index (κ1) is 11.1. The zero-order valence-corrected chi connectivity index (χ0v) is 9.92. The number of aromatic nitrogens is 1. The summed E-state index contributed by atoms with van der Waals surface area (Å²) in [6.07, 6.45) is 1.01. The topological polar surface area (TPSA) is 71.1 Å². The highest BCUT2D eigenvalue weighted by Crippen LogP contribution is 2.29. The third-order valence-electron chi connectivity index (χ3n) is 1.32. The van der Waals surface area contributed by atoms with E-state index < -0.39 is 0 Å². The number of nitrogens with one attached hydrogen (secondary N) is 2. The van der Waals surface area contributed by atoms with E-state index in [1.165, 1.54) is 0 Å². The lowest BCUT2D eigenvalue weighted by Crippen LogP contribution is -2.03. The highest BCUT2D eigenvalue weighted by Gasteiger charge is 2.07. The molecule has 0 aliphatic heterocycles. The first-order chi connectivity index (χ1) is 6.69. The van der Waals surface area contributed by atoms with Crippen molar-refractivity contribution in [3.63, 3.8) is 0 Å². The van der Waals surface area contributed by atoms with Gasteiger partial charge in [-0.1, -0.05) is 0 Å². The van der Waals surface area contributed by atoms with Crippen molar-refractivity contribution in [3.05, 3.63) is 15.0 Å². The molecule has 0 bridgehead atoms. The molecule has 0 saturated heterocycles. The Hall–Kier alpha value is -0.950. The van der Waals surface area contributed by atoms with Crippen LogP contribution < -0.4 is 10.6 Å². The largest absolute Gasteiger partial charge is 0.312 e. The van der Waals surface area contributed by atoms with E-state index >= 15 is 0 Å². The number of carbonyl (C=O) groups is 2. The highest BCUT2D eigenvalue weighted by atomic mass is 79.9. The molecule has 0 aliphatic rings. The molecule has 1 aromatic heterocycles. The van der Waals surface area contributed by atoms with Crippen molar-refractivity contribution < 1.29 is 9.59 Å². The zero-order valence-electron chi connectivity index (χ0n) is 6.75. The van der Waals surface area contributed by atoms with Gasteiger partial charge in [0.15, 0.2) is 0 Å². The summed E-state index contributed by atoms with van der Waals surface area (Å²) in [5, 5.41) is 4.77. The molecule has 14 heavy (non-hydrogen) atoms. The number of hydrogen-bond donors (Lipinski definition) is 2. The zero-order chi connectivity index (χ0) is 10.6. The molecule has 0 unspecified atom stereocenters. The van der Waals surface area contributed by atoms with Gasteiger partial charge in [-0.25, -0.2) is 4.98 Å². The Morgan fingerprint density at radius 1 is 1.07 bits per heavy atom. The van der Waals surface area contributed by atoms with Gasteiger partial charge in [-0.05, 0) is 37.9 Å². The van der Waals surface area contributed by atoms with Crippen LogP contribution in [0.4, 0.5) is 11.6 Å². The number of carbonyl (C=O) groups excluding carboxylic acids is 2. The van der Waals surface area contributed by atoms with Crippen LogP contribution in [0.2, 0.25) is 0 Å². The van der Waals surface area contributed by atoms with Crippen molar-refractivity contribution in [3.8, 4) is 0 Å². The molecule has 0 fully saturated rings. The summed E-state index contributed by atoms with van der Waals surface area (Å²) in [7, 11) is 0. The van der Waals surface area contributed by atoms with Crippen LogP contribution in [-0.4, -0.2) is 17.8 Å². The Bertz CT molecular complexity index is 339. The summed E-state index contributed by atoms with van der Waals surface area (Å²) in [6, 6.07) is 1.67. The Morgan fingerprint density at radius 3 is 1.86 bits per heavy atom. The van der Waals surface area contributed by atoms with E-state index in [9.17, 15) is 9.59 Å². The standard InChI is InChI=1S/C7H5Br2N3O2/c8-4-1-5(9)7(11-3-14)12-6(4)10-2-13/h1-3H,(H2,10,11,12,13,14). The van der Waals surface area contributed by atoms with Crippen LogP contribution in [0.5, 0.6) is 0 Å². The number of rotatable bonds is 4. The molecule has 0 aliphatic carbocycles. The Balaban J connectivity index is 3.11. The number of hydrogen-bond acceptors (Lipinski definition) is 3. The molecule has 7 heteroatoms. The van der Waals surface area contributed by atoms with E-state index in [0.717, 1.165) is 0 Å². The van der Waals surface area contributed by atoms with Crippen molar-refractivity contribution in [1.29, 1.82) is 0 Å². The first-order valence-electron chi connectivity index (χ1n) is 3.45. The quantitative estimate of drug-likeness (QED) is 0.829. The summed E-state index contributed by atoms with van der Waals surface area (Å²) >= 11 is 6.41. The van der Waals surface area contributed by atoms with Crippen LogP contribution in [0, 0.1) is 0 Å². The summed E-state index contributed by atoms with van der Waals surface area (Å²) < 4.78 is 1.24. The fourth-order valence-electron chi connectivity index (χ4n) is 0.781. The monoisotopic (exact) mass is 321 g/mol. The minimum atomic E-state index is 0.340. The van der Waals surface area contributed by atoms with E-state index in [2.05, 4.69) is 47.5 Å². The molecule has 0 spiro atoms. The maximum Gasteiger partial charge on any atom is 0.212 e. The van der Waals surface area contributed by atoms with Crippen LogP contribution in [0.3, 0.4) is 0 Å². The fourth-order valence-corrected chi connectivity index (χ4v) is 1.95. The summed E-state index contributed by atoms with van der Waals surface area (Å²) in [4.78, 5) is 24.4. The predicted molar refractivity (Wildman–Crippen MR) is 59.0 cm³/mol. The van der Waals surface area contributed by atoms with Crippen LogP contribution in [-0.2, 0) is 9.59 Å². The molecule has 1 rings (SSSR count). The van der Waals surface area contributed by atoms with Crippen molar-refractivity contribution in [2.24, 2.45) is 0 Å². The molecule has 0 atom stereocenters. The molecule has 5 nitrogen and oxygen atoms in total. The first-order valence-corrected chi connectivity index (χ1v) is 5.04. The van der Waals surface area contributed by atoms with E-state index in [1.54, 1.807) is 6.07 Å². The number of halogens is 2. The lowest BCUT2D eigenvalue weighted by molar-refractivity contribution is -0.106. The van der Waals surface area contributed by atoms with Gasteiger partial charge in [-0.3, -0.25) is 9.59 Å². The number of nitrogens with zero attached hydrogens (tertiary/aromatic N) is 1. The summed E-state index contributed by atoms with van der Waals surface area (Å²) in [5.41, 5.74) is 0. The van der Waals surface area contributed by atoms with Crippen molar-refractivity contribution in [1.82, 2.24) is 4.98 Å². The van der Waals surface area contributed by atoms with E-state index in [1.807, 2.05) is 0 Å². The maximum atomic E-state index is 10.2. The van der Waals surface area contributed by atoms with Crippen molar-refractivity contribution in [2.75, 3.05) is 10.6 Å².